The van der Waals surface area contributed by atoms with Crippen molar-refractivity contribution in [1.29, 1.82) is 0 Å². The van der Waals surface area contributed by atoms with Gasteiger partial charge in [0.1, 0.15) is 5.58 Å². The van der Waals surface area contributed by atoms with Crippen LogP contribution in [0.15, 0.2) is 33.5 Å². The summed E-state index contributed by atoms with van der Waals surface area (Å²) in [5.74, 6) is 0. The summed E-state index contributed by atoms with van der Waals surface area (Å²) in [7, 11) is -3.13. The maximum atomic E-state index is 11.2. The van der Waals surface area contributed by atoms with Gasteiger partial charge in [-0.2, -0.15) is 8.42 Å². The van der Waals surface area contributed by atoms with Gasteiger partial charge in [0.2, 0.25) is 0 Å². The smallest absolute Gasteiger partial charge is 1.00 e. The van der Waals surface area contributed by atoms with Gasteiger partial charge >= 0.3 is 45.5 Å². The number of anilines is 1. The summed E-state index contributed by atoms with van der Waals surface area (Å²) < 4.78 is 36.6. The Balaban J connectivity index is 0.00000180. The molecule has 0 aliphatic carbocycles. The summed E-state index contributed by atoms with van der Waals surface area (Å²) in [6.07, 6.45) is 0. The minimum absolute atomic E-state index is 0. The van der Waals surface area contributed by atoms with Crippen LogP contribution in [0.1, 0.15) is 6.99 Å². The van der Waals surface area contributed by atoms with Crippen molar-refractivity contribution in [3.8, 4) is 0 Å². The molecule has 0 radical (unpaired) electrons. The van der Waals surface area contributed by atoms with Crippen LogP contribution in [0.25, 0.3) is 11.0 Å². The Labute approximate surface area is 133 Å². The standard InChI is InChI=1S/C11H11NO5S.Na.H/c1-7-5-11(13)17-10-6-8(3-4-9(7)10)12(2)18(14,15)16;;/h3-6H,1-2H3,(H,14,15,16);;/q;+1;-1. The van der Waals surface area contributed by atoms with Crippen molar-refractivity contribution in [3.63, 3.8) is 0 Å². The van der Waals surface area contributed by atoms with Gasteiger partial charge in [-0.1, -0.05) is 0 Å². The summed E-state index contributed by atoms with van der Waals surface area (Å²) in [5, 5.41) is 0.710. The number of hydrogen-bond acceptors (Lipinski definition) is 4. The van der Waals surface area contributed by atoms with E-state index < -0.39 is 15.9 Å². The third-order valence-corrected chi connectivity index (χ3v) is 3.55. The minimum atomic E-state index is -4.33. The van der Waals surface area contributed by atoms with Crippen molar-refractivity contribution in [1.82, 2.24) is 0 Å². The van der Waals surface area contributed by atoms with E-state index in [0.29, 0.717) is 9.69 Å². The number of aryl methyl sites for hydroxylation is 1. The molecule has 0 aliphatic rings. The maximum absolute atomic E-state index is 11.2. The zero-order valence-corrected chi connectivity index (χ0v) is 13.6. The number of fused-ring (bicyclic) bond motifs is 1. The molecule has 98 valence electrons. The van der Waals surface area contributed by atoms with Gasteiger partial charge in [0.25, 0.3) is 0 Å². The van der Waals surface area contributed by atoms with E-state index in [2.05, 4.69) is 0 Å². The largest absolute Gasteiger partial charge is 1.00 e. The molecule has 2 aromatic rings. The molecule has 0 spiro atoms. The quantitative estimate of drug-likeness (QED) is 0.412. The molecule has 8 heteroatoms. The summed E-state index contributed by atoms with van der Waals surface area (Å²) in [5.41, 5.74) is 0.709. The van der Waals surface area contributed by atoms with E-state index in [-0.39, 0.29) is 42.3 Å². The Kier molecular flexibility index (Phi) is 4.81. The fourth-order valence-corrected chi connectivity index (χ4v) is 2.02. The van der Waals surface area contributed by atoms with Crippen LogP contribution in [-0.4, -0.2) is 20.0 Å². The zero-order chi connectivity index (χ0) is 13.5. The van der Waals surface area contributed by atoms with Gasteiger partial charge in [0.15, 0.2) is 0 Å². The second-order valence-electron chi connectivity index (χ2n) is 3.87. The predicted octanol–water partition coefficient (Wildman–Crippen LogP) is -1.54. The Morgan fingerprint density at radius 3 is 2.53 bits per heavy atom. The van der Waals surface area contributed by atoms with Crippen LogP contribution in [0, 0.1) is 6.92 Å². The molecule has 1 heterocycles. The van der Waals surface area contributed by atoms with Gasteiger partial charge in [-0.3, -0.25) is 8.86 Å². The van der Waals surface area contributed by atoms with Crippen molar-refractivity contribution in [2.45, 2.75) is 6.92 Å². The van der Waals surface area contributed by atoms with Gasteiger partial charge in [-0.25, -0.2) is 4.79 Å². The second kappa shape index (κ2) is 5.64. The van der Waals surface area contributed by atoms with Crippen LogP contribution in [0.3, 0.4) is 0 Å². The van der Waals surface area contributed by atoms with Gasteiger partial charge < -0.3 is 5.84 Å². The van der Waals surface area contributed by atoms with Crippen molar-refractivity contribution >= 4 is 27.0 Å². The summed E-state index contributed by atoms with van der Waals surface area (Å²) >= 11 is 0. The fourth-order valence-electron chi connectivity index (χ4n) is 1.64. The molecular formula is C11H12NNaO5S. The third kappa shape index (κ3) is 3.37. The van der Waals surface area contributed by atoms with Gasteiger partial charge in [-0.15, -0.1) is 0 Å². The molecule has 0 atom stereocenters. The van der Waals surface area contributed by atoms with E-state index in [1.165, 1.54) is 25.2 Å². The van der Waals surface area contributed by atoms with Gasteiger partial charge in [0.05, 0.1) is 5.69 Å². The van der Waals surface area contributed by atoms with Crippen molar-refractivity contribution in [3.05, 3.63) is 40.2 Å². The van der Waals surface area contributed by atoms with Crippen LogP contribution in [-0.2, 0) is 10.3 Å². The molecule has 0 bridgehead atoms. The molecular weight excluding hydrogens is 281 g/mol. The Hall–Kier alpha value is -0.860. The van der Waals surface area contributed by atoms with Crippen LogP contribution >= 0.6 is 0 Å². The summed E-state index contributed by atoms with van der Waals surface area (Å²) in [4.78, 5) is 11.2. The maximum Gasteiger partial charge on any atom is 1.00 e. The predicted molar refractivity (Wildman–Crippen MR) is 68.3 cm³/mol. The van der Waals surface area contributed by atoms with Crippen molar-refractivity contribution in [2.24, 2.45) is 0 Å². The molecule has 0 saturated heterocycles. The van der Waals surface area contributed by atoms with E-state index in [9.17, 15) is 13.2 Å². The molecule has 1 aromatic carbocycles. The monoisotopic (exact) mass is 293 g/mol. The van der Waals surface area contributed by atoms with E-state index in [4.69, 9.17) is 8.97 Å². The van der Waals surface area contributed by atoms with Crippen molar-refractivity contribution in [2.75, 3.05) is 11.4 Å². The molecule has 0 saturated carbocycles. The van der Waals surface area contributed by atoms with E-state index in [1.807, 2.05) is 0 Å². The molecule has 6 nitrogen and oxygen atoms in total. The third-order valence-electron chi connectivity index (χ3n) is 2.64. The molecule has 1 aromatic heterocycles. The normalized spacial score (nSPS) is 11.1. The SMILES string of the molecule is Cc1cc(=O)oc2cc(N(C)S(=O)(=O)O)ccc12.[H-].[Na+]. The minimum Gasteiger partial charge on any atom is -1.00 e. The molecule has 19 heavy (non-hydrogen) atoms. The van der Waals surface area contributed by atoms with Crippen LogP contribution in [0.2, 0.25) is 0 Å². The van der Waals surface area contributed by atoms with Crippen LogP contribution in [0.5, 0.6) is 0 Å². The van der Waals surface area contributed by atoms with Gasteiger partial charge in [0, 0.05) is 24.6 Å². The topological polar surface area (TPSA) is 87.8 Å². The average molecular weight is 293 g/mol. The van der Waals surface area contributed by atoms with E-state index in [0.717, 1.165) is 5.56 Å². The second-order valence-corrected chi connectivity index (χ2v) is 5.32. The Morgan fingerprint density at radius 1 is 1.32 bits per heavy atom. The summed E-state index contributed by atoms with van der Waals surface area (Å²) in [6, 6.07) is 5.89. The number of nitrogens with zero attached hydrogens (tertiary/aromatic N) is 1. The fraction of sp³-hybridized carbons (Fsp3) is 0.182. The van der Waals surface area contributed by atoms with Crippen molar-refractivity contribution < 1.29 is 48.4 Å². The number of rotatable bonds is 2. The van der Waals surface area contributed by atoms with Gasteiger partial charge in [-0.05, 0) is 24.6 Å². The van der Waals surface area contributed by atoms with E-state index >= 15 is 0 Å². The zero-order valence-electron chi connectivity index (χ0n) is 11.7. The molecule has 1 N–H and O–H groups in total. The molecule has 0 unspecified atom stereocenters. The Morgan fingerprint density at radius 2 is 1.95 bits per heavy atom. The first-order chi connectivity index (χ1) is 8.29. The average Bonchev–Trinajstić information content (AvgIpc) is 2.25. The van der Waals surface area contributed by atoms with Crippen LogP contribution in [0.4, 0.5) is 5.69 Å². The van der Waals surface area contributed by atoms with Crippen LogP contribution < -0.4 is 39.5 Å². The Bertz CT molecular complexity index is 774. The molecule has 2 rings (SSSR count). The van der Waals surface area contributed by atoms with E-state index in [1.54, 1.807) is 13.0 Å². The first-order valence-electron chi connectivity index (χ1n) is 5.05. The molecule has 0 amide bonds. The number of benzene rings is 1. The molecule has 0 fully saturated rings. The number of hydrogen-bond donors (Lipinski definition) is 1. The first kappa shape index (κ1) is 16.2. The first-order valence-corrected chi connectivity index (χ1v) is 6.44. The summed E-state index contributed by atoms with van der Waals surface area (Å²) in [6.45, 7) is 1.76. The molecule has 0 aliphatic heterocycles.